The van der Waals surface area contributed by atoms with Crippen molar-refractivity contribution in [3.63, 3.8) is 0 Å². The van der Waals surface area contributed by atoms with Gasteiger partial charge in [0.15, 0.2) is 0 Å². The van der Waals surface area contributed by atoms with Crippen molar-refractivity contribution in [2.45, 2.75) is 129 Å². The predicted molar refractivity (Wildman–Crippen MR) is 118 cm³/mol. The van der Waals surface area contributed by atoms with Gasteiger partial charge in [-0.1, -0.05) is 46.0 Å². The Morgan fingerprint density at radius 3 is 1.78 bits per heavy atom. The molecule has 0 bridgehead atoms. The summed E-state index contributed by atoms with van der Waals surface area (Å²) in [4.78, 5) is 10.4. The second-order valence-corrected chi connectivity index (χ2v) is 9.44. The summed E-state index contributed by atoms with van der Waals surface area (Å²) >= 11 is 0. The Bertz CT molecular complexity index is 506. The molecule has 27 heavy (non-hydrogen) atoms. The first kappa shape index (κ1) is 21.0. The molecule has 3 aliphatic rings. The van der Waals surface area contributed by atoms with Crippen LogP contribution >= 0.6 is 0 Å². The summed E-state index contributed by atoms with van der Waals surface area (Å²) in [5, 5.41) is 3.92. The number of hydrogen-bond acceptors (Lipinski definition) is 3. The van der Waals surface area contributed by atoms with Crippen molar-refractivity contribution in [3.05, 3.63) is 0 Å². The highest BCUT2D eigenvalue weighted by atomic mass is 15.0. The summed E-state index contributed by atoms with van der Waals surface area (Å²) in [7, 11) is 0. The molecule has 0 aromatic rings. The van der Waals surface area contributed by atoms with Crippen LogP contribution in [0.25, 0.3) is 0 Å². The molecule has 2 saturated carbocycles. The van der Waals surface area contributed by atoms with E-state index in [-0.39, 0.29) is 0 Å². The van der Waals surface area contributed by atoms with Crippen molar-refractivity contribution in [2.24, 2.45) is 21.8 Å². The van der Waals surface area contributed by atoms with E-state index in [4.69, 9.17) is 9.98 Å². The Morgan fingerprint density at radius 2 is 1.22 bits per heavy atom. The first-order chi connectivity index (χ1) is 13.1. The molecule has 1 saturated heterocycles. The molecule has 0 aromatic heterocycles. The molecular weight excluding hydrogens is 330 g/mol. The first-order valence-electron chi connectivity index (χ1n) is 12.0. The van der Waals surface area contributed by atoms with E-state index in [9.17, 15) is 0 Å². The smallest absolute Gasteiger partial charge is 0.0555 e. The number of aliphatic imine (C=N–C) groups is 2. The molecule has 4 unspecified atom stereocenters. The molecule has 3 fully saturated rings. The van der Waals surface area contributed by atoms with Gasteiger partial charge in [0.2, 0.25) is 0 Å². The molecule has 1 heterocycles. The van der Waals surface area contributed by atoms with Crippen molar-refractivity contribution < 1.29 is 0 Å². The van der Waals surface area contributed by atoms with Crippen LogP contribution in [0, 0.1) is 11.8 Å². The summed E-state index contributed by atoms with van der Waals surface area (Å²) < 4.78 is 0. The quantitative estimate of drug-likeness (QED) is 0.572. The van der Waals surface area contributed by atoms with Gasteiger partial charge in [-0.3, -0.25) is 9.98 Å². The fourth-order valence-corrected chi connectivity index (χ4v) is 5.80. The molecule has 4 atom stereocenters. The lowest BCUT2D eigenvalue weighted by atomic mass is 9.74. The zero-order chi connectivity index (χ0) is 19.2. The molecule has 0 spiro atoms. The summed E-state index contributed by atoms with van der Waals surface area (Å²) in [6.07, 6.45) is 15.8. The molecular formula is C24H43N3. The zero-order valence-corrected chi connectivity index (χ0v) is 18.3. The standard InChI is InChI=1S/C24H43N3/c1-5-19-11-9-12-20(6-2)24(19)26-18(4)23-16-10-15-22(27-23)17(3)25-21-13-7-8-14-21/h19-24,27H,5-16H2,1-4H3. The maximum absolute atomic E-state index is 5.38. The van der Waals surface area contributed by atoms with Gasteiger partial charge in [0, 0.05) is 29.5 Å². The van der Waals surface area contributed by atoms with Gasteiger partial charge in [-0.05, 0) is 70.6 Å². The van der Waals surface area contributed by atoms with Crippen LogP contribution < -0.4 is 5.32 Å². The number of nitrogens with zero attached hydrogens (tertiary/aromatic N) is 2. The van der Waals surface area contributed by atoms with E-state index in [0.29, 0.717) is 24.2 Å². The maximum atomic E-state index is 5.38. The van der Waals surface area contributed by atoms with Gasteiger partial charge in [-0.25, -0.2) is 0 Å². The fourth-order valence-electron chi connectivity index (χ4n) is 5.80. The van der Waals surface area contributed by atoms with E-state index >= 15 is 0 Å². The van der Waals surface area contributed by atoms with E-state index in [1.54, 1.807) is 0 Å². The monoisotopic (exact) mass is 373 g/mol. The van der Waals surface area contributed by atoms with Crippen LogP contribution in [0.3, 0.4) is 0 Å². The highest BCUT2D eigenvalue weighted by molar-refractivity contribution is 5.91. The van der Waals surface area contributed by atoms with E-state index in [2.05, 4.69) is 33.0 Å². The number of hydrogen-bond donors (Lipinski definition) is 1. The summed E-state index contributed by atoms with van der Waals surface area (Å²) in [6, 6.07) is 2.07. The fraction of sp³-hybridized carbons (Fsp3) is 0.917. The third-order valence-corrected chi connectivity index (χ3v) is 7.62. The van der Waals surface area contributed by atoms with Crippen molar-refractivity contribution in [2.75, 3.05) is 0 Å². The third kappa shape index (κ3) is 5.43. The lowest BCUT2D eigenvalue weighted by Crippen LogP contribution is -2.49. The molecule has 0 aromatic carbocycles. The van der Waals surface area contributed by atoms with Crippen molar-refractivity contribution in [1.29, 1.82) is 0 Å². The van der Waals surface area contributed by atoms with Crippen molar-refractivity contribution in [1.82, 2.24) is 5.32 Å². The molecule has 1 aliphatic heterocycles. The second-order valence-electron chi connectivity index (χ2n) is 9.44. The number of piperidine rings is 1. The molecule has 3 nitrogen and oxygen atoms in total. The van der Waals surface area contributed by atoms with E-state index in [1.807, 2.05) is 0 Å². The Hall–Kier alpha value is -0.700. The Balaban J connectivity index is 1.66. The molecule has 0 amide bonds. The summed E-state index contributed by atoms with van der Waals surface area (Å²) in [5.41, 5.74) is 2.70. The Labute approximate surface area is 167 Å². The lowest BCUT2D eigenvalue weighted by Gasteiger charge is -2.37. The van der Waals surface area contributed by atoms with Gasteiger partial charge in [-0.15, -0.1) is 0 Å². The van der Waals surface area contributed by atoms with Crippen molar-refractivity contribution >= 4 is 11.4 Å². The van der Waals surface area contributed by atoms with Crippen molar-refractivity contribution in [3.8, 4) is 0 Å². The van der Waals surface area contributed by atoms with Crippen LogP contribution in [0.15, 0.2) is 9.98 Å². The van der Waals surface area contributed by atoms with E-state index < -0.39 is 0 Å². The average molecular weight is 374 g/mol. The van der Waals surface area contributed by atoms with Gasteiger partial charge < -0.3 is 5.32 Å². The lowest BCUT2D eigenvalue weighted by molar-refractivity contribution is 0.211. The minimum atomic E-state index is 0.453. The SMILES string of the molecule is CCC1CCCC(CC)C1N=C(C)C1CCCC(C(C)=NC2CCCC2)N1. The topological polar surface area (TPSA) is 36.8 Å². The average Bonchev–Trinajstić information content (AvgIpc) is 3.21. The molecule has 154 valence electrons. The number of rotatable bonds is 6. The van der Waals surface area contributed by atoms with E-state index in [1.165, 1.54) is 88.5 Å². The van der Waals surface area contributed by atoms with E-state index in [0.717, 1.165) is 11.8 Å². The highest BCUT2D eigenvalue weighted by Gasteiger charge is 2.32. The van der Waals surface area contributed by atoms with Gasteiger partial charge in [0.25, 0.3) is 0 Å². The summed E-state index contributed by atoms with van der Waals surface area (Å²) in [6.45, 7) is 9.26. The first-order valence-corrected chi connectivity index (χ1v) is 12.0. The molecule has 3 heteroatoms. The van der Waals surface area contributed by atoms with Crippen LogP contribution in [-0.2, 0) is 0 Å². The highest BCUT2D eigenvalue weighted by Crippen LogP contribution is 2.36. The van der Waals surface area contributed by atoms with Crippen LogP contribution in [-0.4, -0.2) is 35.6 Å². The Kier molecular flexibility index (Phi) is 7.93. The maximum Gasteiger partial charge on any atom is 0.0555 e. The molecule has 3 rings (SSSR count). The predicted octanol–water partition coefficient (Wildman–Crippen LogP) is 5.97. The third-order valence-electron chi connectivity index (χ3n) is 7.62. The molecule has 2 aliphatic carbocycles. The van der Waals surface area contributed by atoms with Crippen LogP contribution in [0.1, 0.15) is 105 Å². The summed E-state index contributed by atoms with van der Waals surface area (Å²) in [5.74, 6) is 1.59. The van der Waals surface area contributed by atoms with Crippen LogP contribution in [0.5, 0.6) is 0 Å². The second kappa shape index (κ2) is 10.2. The van der Waals surface area contributed by atoms with Gasteiger partial charge >= 0.3 is 0 Å². The molecule has 0 radical (unpaired) electrons. The Morgan fingerprint density at radius 1 is 0.704 bits per heavy atom. The van der Waals surface area contributed by atoms with Crippen LogP contribution in [0.2, 0.25) is 0 Å². The minimum Gasteiger partial charge on any atom is -0.301 e. The van der Waals surface area contributed by atoms with Gasteiger partial charge in [-0.2, -0.15) is 0 Å². The largest absolute Gasteiger partial charge is 0.301 e. The molecule has 1 N–H and O–H groups in total. The zero-order valence-electron chi connectivity index (χ0n) is 18.3. The van der Waals surface area contributed by atoms with Crippen LogP contribution in [0.4, 0.5) is 0 Å². The normalized spacial score (nSPS) is 37.0. The number of nitrogens with one attached hydrogen (secondary N) is 1. The van der Waals surface area contributed by atoms with Gasteiger partial charge in [0.1, 0.15) is 0 Å². The minimum absolute atomic E-state index is 0.453. The van der Waals surface area contributed by atoms with Gasteiger partial charge in [0.05, 0.1) is 6.04 Å².